The number of rotatable bonds is 7. The molecule has 1 aromatic rings. The summed E-state index contributed by atoms with van der Waals surface area (Å²) in [5.74, 6) is -0.0368. The fraction of sp³-hybridized carbons (Fsp3) is 0.700. The first-order chi connectivity index (χ1) is 7.77. The van der Waals surface area contributed by atoms with E-state index in [1.165, 1.54) is 0 Å². The molecule has 1 rings (SSSR count). The predicted octanol–water partition coefficient (Wildman–Crippen LogP) is -0.231. The van der Waals surface area contributed by atoms with Crippen LogP contribution in [0.1, 0.15) is 19.8 Å². The van der Waals surface area contributed by atoms with Crippen LogP contribution >= 0.6 is 0 Å². The van der Waals surface area contributed by atoms with Crippen molar-refractivity contribution in [2.24, 2.45) is 11.7 Å². The van der Waals surface area contributed by atoms with E-state index in [0.717, 1.165) is 12.8 Å². The zero-order valence-corrected chi connectivity index (χ0v) is 9.59. The largest absolute Gasteiger partial charge is 0.354 e. The van der Waals surface area contributed by atoms with E-state index in [-0.39, 0.29) is 11.8 Å². The van der Waals surface area contributed by atoms with Gasteiger partial charge in [0.15, 0.2) is 0 Å². The van der Waals surface area contributed by atoms with Crippen LogP contribution in [-0.2, 0) is 11.3 Å². The first-order valence-corrected chi connectivity index (χ1v) is 5.59. The summed E-state index contributed by atoms with van der Waals surface area (Å²) in [5.41, 5.74) is 5.54. The monoisotopic (exact) mass is 225 g/mol. The van der Waals surface area contributed by atoms with Crippen molar-refractivity contribution in [1.82, 2.24) is 20.3 Å². The molecule has 16 heavy (non-hydrogen) atoms. The Morgan fingerprint density at radius 1 is 1.62 bits per heavy atom. The molecule has 1 amide bonds. The van der Waals surface area contributed by atoms with Crippen LogP contribution in [0.15, 0.2) is 12.4 Å². The molecule has 1 heterocycles. The van der Waals surface area contributed by atoms with Crippen molar-refractivity contribution >= 4 is 5.91 Å². The Balaban J connectivity index is 2.23. The Labute approximate surface area is 95.2 Å². The molecule has 0 fully saturated rings. The maximum Gasteiger partial charge on any atom is 0.224 e. The molecule has 3 N–H and O–H groups in total. The molecule has 1 atom stereocenters. The molecular weight excluding hydrogens is 206 g/mol. The third-order valence-electron chi connectivity index (χ3n) is 2.40. The number of nitrogens with two attached hydrogens (primary N) is 1. The Kier molecular flexibility index (Phi) is 5.49. The van der Waals surface area contributed by atoms with Crippen LogP contribution < -0.4 is 11.1 Å². The second-order valence-corrected chi connectivity index (χ2v) is 3.68. The molecule has 6 nitrogen and oxygen atoms in total. The molecule has 1 aromatic heterocycles. The van der Waals surface area contributed by atoms with Crippen LogP contribution in [-0.4, -0.2) is 34.0 Å². The summed E-state index contributed by atoms with van der Waals surface area (Å²) in [6, 6.07) is 0. The maximum atomic E-state index is 11.7. The van der Waals surface area contributed by atoms with Gasteiger partial charge in [0, 0.05) is 19.3 Å². The lowest BCUT2D eigenvalue weighted by atomic mass is 10.0. The number of hydrogen-bond donors (Lipinski definition) is 2. The van der Waals surface area contributed by atoms with Gasteiger partial charge >= 0.3 is 0 Å². The highest BCUT2D eigenvalue weighted by Gasteiger charge is 2.14. The van der Waals surface area contributed by atoms with Gasteiger partial charge in [-0.2, -0.15) is 0 Å². The van der Waals surface area contributed by atoms with E-state index in [1.807, 2.05) is 6.92 Å². The van der Waals surface area contributed by atoms with E-state index >= 15 is 0 Å². The number of carbonyl (C=O) groups excluding carboxylic acids is 1. The van der Waals surface area contributed by atoms with Crippen LogP contribution in [0.2, 0.25) is 0 Å². The minimum atomic E-state index is -0.0688. The number of aromatic nitrogens is 3. The molecule has 0 bridgehead atoms. The number of carbonyl (C=O) groups is 1. The van der Waals surface area contributed by atoms with Gasteiger partial charge in [0.1, 0.15) is 0 Å². The normalized spacial score (nSPS) is 12.4. The maximum absolute atomic E-state index is 11.7. The summed E-state index contributed by atoms with van der Waals surface area (Å²) in [7, 11) is 0. The number of amides is 1. The molecule has 0 aliphatic rings. The summed E-state index contributed by atoms with van der Waals surface area (Å²) in [4.78, 5) is 11.7. The zero-order chi connectivity index (χ0) is 11.8. The van der Waals surface area contributed by atoms with Crippen LogP contribution in [0.25, 0.3) is 0 Å². The van der Waals surface area contributed by atoms with Gasteiger partial charge in [-0.15, -0.1) is 5.10 Å². The van der Waals surface area contributed by atoms with E-state index in [2.05, 4.69) is 15.6 Å². The Morgan fingerprint density at radius 2 is 2.44 bits per heavy atom. The van der Waals surface area contributed by atoms with Crippen LogP contribution in [0.4, 0.5) is 0 Å². The van der Waals surface area contributed by atoms with Gasteiger partial charge in [-0.05, 0) is 6.42 Å². The molecule has 1 unspecified atom stereocenters. The molecule has 0 radical (unpaired) electrons. The molecule has 0 spiro atoms. The molecule has 90 valence electrons. The van der Waals surface area contributed by atoms with E-state index in [9.17, 15) is 4.79 Å². The van der Waals surface area contributed by atoms with Crippen molar-refractivity contribution in [2.75, 3.05) is 13.1 Å². The van der Waals surface area contributed by atoms with Gasteiger partial charge in [-0.25, -0.2) is 0 Å². The van der Waals surface area contributed by atoms with Gasteiger partial charge in [-0.3, -0.25) is 9.48 Å². The second-order valence-electron chi connectivity index (χ2n) is 3.68. The van der Waals surface area contributed by atoms with E-state index in [0.29, 0.717) is 19.6 Å². The molecule has 0 aliphatic heterocycles. The van der Waals surface area contributed by atoms with Crippen molar-refractivity contribution in [3.05, 3.63) is 12.4 Å². The van der Waals surface area contributed by atoms with Gasteiger partial charge < -0.3 is 11.1 Å². The summed E-state index contributed by atoms with van der Waals surface area (Å²) in [6.45, 7) is 3.64. The first kappa shape index (κ1) is 12.6. The molecule has 6 heteroatoms. The number of nitrogens with one attached hydrogen (secondary N) is 1. The topological polar surface area (TPSA) is 85.8 Å². The lowest BCUT2D eigenvalue weighted by Crippen LogP contribution is -2.36. The van der Waals surface area contributed by atoms with Crippen molar-refractivity contribution in [3.63, 3.8) is 0 Å². The van der Waals surface area contributed by atoms with Crippen LogP contribution in [0.5, 0.6) is 0 Å². The lowest BCUT2D eigenvalue weighted by Gasteiger charge is -2.13. The molecule has 0 saturated carbocycles. The third-order valence-corrected chi connectivity index (χ3v) is 2.40. The number of nitrogens with zero attached hydrogens (tertiary/aromatic N) is 3. The molecule has 0 aliphatic carbocycles. The minimum Gasteiger partial charge on any atom is -0.354 e. The SMILES string of the molecule is CCCC(CN)C(=O)NCCn1ccnn1. The smallest absolute Gasteiger partial charge is 0.224 e. The minimum absolute atomic E-state index is 0.0319. The Morgan fingerprint density at radius 3 is 3.00 bits per heavy atom. The standard InChI is InChI=1S/C10H19N5O/c1-2-3-9(8-11)10(16)12-4-6-15-7-5-13-14-15/h5,7,9H,2-4,6,8,11H2,1H3,(H,12,16). The first-order valence-electron chi connectivity index (χ1n) is 5.59. The van der Waals surface area contributed by atoms with Crippen LogP contribution in [0.3, 0.4) is 0 Å². The summed E-state index contributed by atoms with van der Waals surface area (Å²) < 4.78 is 1.68. The van der Waals surface area contributed by atoms with Crippen molar-refractivity contribution < 1.29 is 4.79 Å². The highest BCUT2D eigenvalue weighted by Crippen LogP contribution is 2.03. The predicted molar refractivity (Wildman–Crippen MR) is 60.5 cm³/mol. The molecule has 0 aromatic carbocycles. The third kappa shape index (κ3) is 3.98. The summed E-state index contributed by atoms with van der Waals surface area (Å²) in [6.07, 6.45) is 5.18. The second kappa shape index (κ2) is 6.95. The van der Waals surface area contributed by atoms with Crippen molar-refractivity contribution in [1.29, 1.82) is 0 Å². The highest BCUT2D eigenvalue weighted by atomic mass is 16.1. The van der Waals surface area contributed by atoms with Crippen molar-refractivity contribution in [3.8, 4) is 0 Å². The van der Waals surface area contributed by atoms with E-state index < -0.39 is 0 Å². The quantitative estimate of drug-likeness (QED) is 0.671. The Bertz CT molecular complexity index is 298. The average molecular weight is 225 g/mol. The van der Waals surface area contributed by atoms with Crippen molar-refractivity contribution in [2.45, 2.75) is 26.3 Å². The van der Waals surface area contributed by atoms with Gasteiger partial charge in [0.25, 0.3) is 0 Å². The average Bonchev–Trinajstić information content (AvgIpc) is 2.78. The fourth-order valence-electron chi connectivity index (χ4n) is 1.49. The van der Waals surface area contributed by atoms with E-state index in [4.69, 9.17) is 5.73 Å². The lowest BCUT2D eigenvalue weighted by molar-refractivity contribution is -0.124. The highest BCUT2D eigenvalue weighted by molar-refractivity contribution is 5.78. The number of hydrogen-bond acceptors (Lipinski definition) is 4. The molecular formula is C10H19N5O. The summed E-state index contributed by atoms with van der Waals surface area (Å²) >= 11 is 0. The van der Waals surface area contributed by atoms with Gasteiger partial charge in [-0.1, -0.05) is 18.6 Å². The van der Waals surface area contributed by atoms with Crippen LogP contribution in [0, 0.1) is 5.92 Å². The van der Waals surface area contributed by atoms with Gasteiger partial charge in [0.2, 0.25) is 5.91 Å². The van der Waals surface area contributed by atoms with E-state index in [1.54, 1.807) is 17.1 Å². The summed E-state index contributed by atoms with van der Waals surface area (Å²) in [5, 5.41) is 10.3. The van der Waals surface area contributed by atoms with Gasteiger partial charge in [0.05, 0.1) is 18.7 Å². The zero-order valence-electron chi connectivity index (χ0n) is 9.59. The molecule has 0 saturated heterocycles. The Hall–Kier alpha value is -1.43. The fourth-order valence-corrected chi connectivity index (χ4v) is 1.49.